The van der Waals surface area contributed by atoms with Gasteiger partial charge in [0.25, 0.3) is 0 Å². The molecule has 26 heavy (non-hydrogen) atoms. The van der Waals surface area contributed by atoms with Gasteiger partial charge in [0.05, 0.1) is 5.52 Å². The minimum atomic E-state index is -4.69. The van der Waals surface area contributed by atoms with Gasteiger partial charge >= 0.3 is 12.1 Å². The second-order valence-corrected chi connectivity index (χ2v) is 6.65. The fourth-order valence-electron chi connectivity index (χ4n) is 3.54. The largest absolute Gasteiger partial charge is 0.471 e. The molecule has 0 unspecified atom stereocenters. The normalized spacial score (nSPS) is 15.8. The summed E-state index contributed by atoms with van der Waals surface area (Å²) in [7, 11) is 0. The summed E-state index contributed by atoms with van der Waals surface area (Å²) in [5.41, 5.74) is 1.95. The third-order valence-corrected chi connectivity index (χ3v) is 4.87. The van der Waals surface area contributed by atoms with Gasteiger partial charge in [0.15, 0.2) is 0 Å². The van der Waals surface area contributed by atoms with E-state index in [0.717, 1.165) is 36.6 Å². The van der Waals surface area contributed by atoms with Gasteiger partial charge in [0.2, 0.25) is 11.7 Å². The van der Waals surface area contributed by atoms with E-state index in [1.54, 1.807) is 29.0 Å². The van der Waals surface area contributed by atoms with Gasteiger partial charge in [-0.15, -0.1) is 0 Å². The first-order valence-electron chi connectivity index (χ1n) is 8.42. The Morgan fingerprint density at radius 1 is 1.27 bits per heavy atom. The lowest BCUT2D eigenvalue weighted by molar-refractivity contribution is -0.159. The van der Waals surface area contributed by atoms with E-state index in [1.807, 2.05) is 6.92 Å². The summed E-state index contributed by atoms with van der Waals surface area (Å²) in [6, 6.07) is 5.03. The van der Waals surface area contributed by atoms with Crippen LogP contribution in [0.2, 0.25) is 0 Å². The molecule has 1 aromatic carbocycles. The molecule has 8 heteroatoms. The maximum absolute atomic E-state index is 12.8. The Labute approximate surface area is 146 Å². The van der Waals surface area contributed by atoms with Crippen molar-refractivity contribution in [2.45, 2.75) is 38.8 Å². The van der Waals surface area contributed by atoms with E-state index in [9.17, 15) is 18.0 Å². The number of hydrogen-bond acceptors (Lipinski definition) is 4. The maximum atomic E-state index is 12.8. The summed E-state index contributed by atoms with van der Waals surface area (Å²) in [5.74, 6) is -1.52. The molecular weight excluding hydrogens is 347 g/mol. The van der Waals surface area contributed by atoms with Crippen LogP contribution in [0.1, 0.15) is 41.9 Å². The van der Waals surface area contributed by atoms with Crippen LogP contribution in [0, 0.1) is 12.8 Å². The van der Waals surface area contributed by atoms with Crippen LogP contribution in [-0.2, 0) is 6.18 Å². The highest BCUT2D eigenvalue weighted by Gasteiger charge is 2.38. The van der Waals surface area contributed by atoms with Crippen LogP contribution in [0.4, 0.5) is 13.2 Å². The van der Waals surface area contributed by atoms with Crippen LogP contribution in [0.3, 0.4) is 0 Å². The van der Waals surface area contributed by atoms with Crippen LogP contribution in [0.15, 0.2) is 28.9 Å². The second kappa shape index (κ2) is 5.96. The third kappa shape index (κ3) is 2.79. The highest BCUT2D eigenvalue weighted by atomic mass is 19.4. The van der Waals surface area contributed by atoms with Crippen LogP contribution in [0.5, 0.6) is 0 Å². The molecule has 0 saturated heterocycles. The summed E-state index contributed by atoms with van der Waals surface area (Å²) in [6.45, 7) is 1.90. The SMILES string of the molecule is Cc1cn(C(=O)C2CCCC2)c2cc(-c3noc(C(F)(F)F)n3)ccc12. The first kappa shape index (κ1) is 16.8. The zero-order chi connectivity index (χ0) is 18.5. The minimum absolute atomic E-state index is 0.00402. The molecule has 1 aliphatic rings. The van der Waals surface area contributed by atoms with E-state index < -0.39 is 12.1 Å². The molecule has 4 rings (SSSR count). The number of carbonyl (C=O) groups is 1. The number of rotatable bonds is 2. The Morgan fingerprint density at radius 3 is 2.65 bits per heavy atom. The summed E-state index contributed by atoms with van der Waals surface area (Å²) in [6.07, 6.45) is 0.928. The average Bonchev–Trinajstić information content (AvgIpc) is 3.34. The molecule has 0 radical (unpaired) electrons. The molecule has 5 nitrogen and oxygen atoms in total. The molecule has 0 aliphatic heterocycles. The van der Waals surface area contributed by atoms with Crippen LogP contribution < -0.4 is 0 Å². The molecule has 2 aromatic heterocycles. The fraction of sp³-hybridized carbons (Fsp3) is 0.389. The molecule has 1 aliphatic carbocycles. The van der Waals surface area contributed by atoms with Crippen molar-refractivity contribution >= 4 is 16.8 Å². The quantitative estimate of drug-likeness (QED) is 0.653. The Balaban J connectivity index is 1.77. The van der Waals surface area contributed by atoms with Crippen LogP contribution >= 0.6 is 0 Å². The third-order valence-electron chi connectivity index (χ3n) is 4.87. The topological polar surface area (TPSA) is 60.9 Å². The maximum Gasteiger partial charge on any atom is 0.471 e. The average molecular weight is 363 g/mol. The first-order valence-corrected chi connectivity index (χ1v) is 8.42. The molecule has 3 aromatic rings. The molecule has 0 atom stereocenters. The van der Waals surface area contributed by atoms with Gasteiger partial charge in [-0.3, -0.25) is 9.36 Å². The van der Waals surface area contributed by atoms with Crippen molar-refractivity contribution in [1.29, 1.82) is 0 Å². The molecule has 1 saturated carbocycles. The van der Waals surface area contributed by atoms with Crippen molar-refractivity contribution in [3.8, 4) is 11.4 Å². The van der Waals surface area contributed by atoms with Gasteiger partial charge < -0.3 is 4.52 Å². The zero-order valence-electron chi connectivity index (χ0n) is 14.0. The van der Waals surface area contributed by atoms with Crippen molar-refractivity contribution in [2.24, 2.45) is 5.92 Å². The monoisotopic (exact) mass is 363 g/mol. The number of fused-ring (bicyclic) bond motifs is 1. The van der Waals surface area contributed by atoms with Gasteiger partial charge in [-0.05, 0) is 31.4 Å². The Hall–Kier alpha value is -2.64. The Morgan fingerprint density at radius 2 is 2.00 bits per heavy atom. The highest BCUT2D eigenvalue weighted by Crippen LogP contribution is 2.32. The van der Waals surface area contributed by atoms with Crippen molar-refractivity contribution in [1.82, 2.24) is 14.7 Å². The number of alkyl halides is 3. The van der Waals surface area contributed by atoms with Gasteiger partial charge in [0.1, 0.15) is 0 Å². The second-order valence-electron chi connectivity index (χ2n) is 6.65. The first-order chi connectivity index (χ1) is 12.3. The standard InChI is InChI=1S/C18H16F3N3O2/c1-10-9-24(16(25)11-4-2-3-5-11)14-8-12(6-7-13(10)14)15-22-17(26-23-15)18(19,20)21/h6-9,11H,2-5H2,1H3. The predicted molar refractivity (Wildman–Crippen MR) is 87.6 cm³/mol. The molecule has 0 N–H and O–H groups in total. The van der Waals surface area contributed by atoms with Crippen molar-refractivity contribution in [2.75, 3.05) is 0 Å². The Bertz CT molecular complexity index is 981. The van der Waals surface area contributed by atoms with Gasteiger partial charge in [-0.1, -0.05) is 30.1 Å². The number of carbonyl (C=O) groups excluding carboxylic acids is 1. The lowest BCUT2D eigenvalue weighted by atomic mass is 10.1. The summed E-state index contributed by atoms with van der Waals surface area (Å²) >= 11 is 0. The van der Waals surface area contributed by atoms with E-state index >= 15 is 0 Å². The van der Waals surface area contributed by atoms with E-state index in [0.29, 0.717) is 11.1 Å². The summed E-state index contributed by atoms with van der Waals surface area (Å²) in [4.78, 5) is 16.2. The Kier molecular flexibility index (Phi) is 3.86. The summed E-state index contributed by atoms with van der Waals surface area (Å²) < 4.78 is 43.9. The molecule has 1 fully saturated rings. The van der Waals surface area contributed by atoms with Crippen molar-refractivity contribution in [3.05, 3.63) is 35.9 Å². The number of nitrogens with zero attached hydrogens (tertiary/aromatic N) is 3. The molecule has 0 amide bonds. The van der Waals surface area contributed by atoms with E-state index in [-0.39, 0.29) is 17.6 Å². The van der Waals surface area contributed by atoms with E-state index in [2.05, 4.69) is 14.7 Å². The molecular formula is C18H16F3N3O2. The molecule has 0 bridgehead atoms. The molecule has 136 valence electrons. The lowest BCUT2D eigenvalue weighted by Gasteiger charge is -2.10. The number of halogens is 3. The lowest BCUT2D eigenvalue weighted by Crippen LogP contribution is -2.18. The predicted octanol–water partition coefficient (Wildman–Crippen LogP) is 4.85. The van der Waals surface area contributed by atoms with E-state index in [1.165, 1.54) is 0 Å². The smallest absolute Gasteiger partial charge is 0.329 e. The minimum Gasteiger partial charge on any atom is -0.329 e. The summed E-state index contributed by atoms with van der Waals surface area (Å²) in [5, 5.41) is 4.29. The fourth-order valence-corrected chi connectivity index (χ4v) is 3.54. The molecule has 2 heterocycles. The number of aromatic nitrogens is 3. The number of hydrogen-bond donors (Lipinski definition) is 0. The van der Waals surface area contributed by atoms with Crippen LogP contribution in [0.25, 0.3) is 22.3 Å². The van der Waals surface area contributed by atoms with Crippen molar-refractivity contribution in [3.63, 3.8) is 0 Å². The van der Waals surface area contributed by atoms with Gasteiger partial charge in [0, 0.05) is 23.1 Å². The van der Waals surface area contributed by atoms with E-state index in [4.69, 9.17) is 0 Å². The number of benzene rings is 1. The van der Waals surface area contributed by atoms with Crippen molar-refractivity contribution < 1.29 is 22.5 Å². The highest BCUT2D eigenvalue weighted by molar-refractivity contribution is 5.96. The zero-order valence-corrected chi connectivity index (χ0v) is 14.0. The molecule has 0 spiro atoms. The van der Waals surface area contributed by atoms with Gasteiger partial charge in [-0.2, -0.15) is 18.2 Å². The van der Waals surface area contributed by atoms with Gasteiger partial charge in [-0.25, -0.2) is 0 Å². The van der Waals surface area contributed by atoms with Crippen LogP contribution in [-0.4, -0.2) is 20.6 Å². The number of aryl methyl sites for hydroxylation is 1.